The van der Waals surface area contributed by atoms with E-state index in [0.717, 1.165) is 20.9 Å². The van der Waals surface area contributed by atoms with Crippen molar-refractivity contribution in [1.82, 2.24) is 9.97 Å². The molecule has 2 aromatic heterocycles. The second-order valence-electron chi connectivity index (χ2n) is 7.39. The van der Waals surface area contributed by atoms with Gasteiger partial charge in [-0.15, -0.1) is 0 Å². The van der Waals surface area contributed by atoms with E-state index in [4.69, 9.17) is 9.26 Å². The van der Waals surface area contributed by atoms with Crippen LogP contribution in [0.2, 0.25) is 0 Å². The number of anilines is 1. The third kappa shape index (κ3) is 4.62. The summed E-state index contributed by atoms with van der Waals surface area (Å²) in [5, 5.41) is 3.30. The van der Waals surface area contributed by atoms with Crippen LogP contribution in [0.15, 0.2) is 101 Å². The Bertz CT molecular complexity index is 1300. The minimum Gasteiger partial charge on any atom is -0.408 e. The summed E-state index contributed by atoms with van der Waals surface area (Å²) in [4.78, 5) is 10.7. The third-order valence-corrected chi connectivity index (χ3v) is 9.64. The first-order chi connectivity index (χ1) is 16.2. The van der Waals surface area contributed by atoms with Gasteiger partial charge in [0.15, 0.2) is 12.0 Å². The van der Waals surface area contributed by atoms with E-state index >= 15 is 0 Å². The molecule has 166 valence electrons. The van der Waals surface area contributed by atoms with Gasteiger partial charge in [-0.2, -0.15) is 0 Å². The number of pyridine rings is 2. The van der Waals surface area contributed by atoms with Gasteiger partial charge in [0, 0.05) is 27.7 Å². The highest BCUT2D eigenvalue weighted by atomic mass is 32.5. The van der Waals surface area contributed by atoms with Crippen LogP contribution in [0.4, 0.5) is 5.82 Å². The van der Waals surface area contributed by atoms with Crippen LogP contribution in [-0.2, 0) is 26.0 Å². The zero-order chi connectivity index (χ0) is 22.6. The molecule has 0 saturated heterocycles. The summed E-state index contributed by atoms with van der Waals surface area (Å²) >= 11 is 0. The Labute approximate surface area is 195 Å². The maximum atomic E-state index is 13.8. The SMILES string of the molecule is Cc1ncc2c(c1OP(=O)=S(c1ccccc1)c1ccccc1)C(Nc1ccccn1)OC2. The number of fused-ring (bicyclic) bond motifs is 1. The fourth-order valence-corrected chi connectivity index (χ4v) is 7.74. The molecule has 1 N–H and O–H groups in total. The summed E-state index contributed by atoms with van der Waals surface area (Å²) in [5.74, 6) is 1.19. The number of nitrogens with zero attached hydrogens (tertiary/aromatic N) is 2. The van der Waals surface area contributed by atoms with Crippen molar-refractivity contribution < 1.29 is 13.8 Å². The highest BCUT2D eigenvalue weighted by Crippen LogP contribution is 2.42. The summed E-state index contributed by atoms with van der Waals surface area (Å²) < 4.78 is 26.0. The highest BCUT2D eigenvalue weighted by Gasteiger charge is 2.30. The molecule has 4 aromatic rings. The van der Waals surface area contributed by atoms with Crippen molar-refractivity contribution in [2.24, 2.45) is 0 Å². The molecule has 2 aromatic carbocycles. The first-order valence-electron chi connectivity index (χ1n) is 10.5. The molecule has 0 saturated carbocycles. The van der Waals surface area contributed by atoms with E-state index in [2.05, 4.69) is 15.3 Å². The van der Waals surface area contributed by atoms with E-state index in [0.29, 0.717) is 23.9 Å². The monoisotopic (exact) mass is 475 g/mol. The molecule has 1 aliphatic heterocycles. The van der Waals surface area contributed by atoms with Crippen molar-refractivity contribution in [3.05, 3.63) is 108 Å². The lowest BCUT2D eigenvalue weighted by Crippen LogP contribution is -2.11. The zero-order valence-electron chi connectivity index (χ0n) is 17.9. The fraction of sp³-hybridized carbons (Fsp3) is 0.120. The van der Waals surface area contributed by atoms with Crippen LogP contribution in [0.3, 0.4) is 0 Å². The molecule has 33 heavy (non-hydrogen) atoms. The first-order valence-corrected chi connectivity index (χ1v) is 13.5. The van der Waals surface area contributed by atoms with Gasteiger partial charge in [0.1, 0.15) is 5.82 Å². The standard InChI is InChI=1S/C25H22N3O3PS/c1-18-24(23-19(16-27-18)17-30-25(23)28-22-14-8-9-15-26-22)31-32(29)33(20-10-4-2-5-11-20)21-12-6-3-7-13-21/h2-16,25H,17H2,1H3,(H,26,28). The molecule has 0 spiro atoms. The molecule has 3 heterocycles. The van der Waals surface area contributed by atoms with Crippen LogP contribution in [0, 0.1) is 6.92 Å². The molecule has 5 rings (SSSR count). The van der Waals surface area contributed by atoms with Gasteiger partial charge in [-0.05, 0) is 53.4 Å². The second-order valence-corrected chi connectivity index (χ2v) is 11.5. The van der Waals surface area contributed by atoms with Crippen molar-refractivity contribution in [3.63, 3.8) is 0 Å². The van der Waals surface area contributed by atoms with Crippen molar-refractivity contribution in [2.75, 3.05) is 5.32 Å². The summed E-state index contributed by atoms with van der Waals surface area (Å²) in [5.41, 5.74) is 2.40. The number of ether oxygens (including phenoxy) is 1. The van der Waals surface area contributed by atoms with Crippen LogP contribution in [0.1, 0.15) is 23.0 Å². The van der Waals surface area contributed by atoms with E-state index in [-0.39, 0.29) is 0 Å². The minimum absolute atomic E-state index is 0.392. The summed E-state index contributed by atoms with van der Waals surface area (Å²) in [6.45, 7) is 0.116. The Morgan fingerprint density at radius 3 is 2.27 bits per heavy atom. The largest absolute Gasteiger partial charge is 0.408 e. The highest BCUT2D eigenvalue weighted by molar-refractivity contribution is 8.21. The lowest BCUT2D eigenvalue weighted by Gasteiger charge is -2.17. The number of aryl methyl sites for hydroxylation is 1. The number of hydrogen-bond donors (Lipinski definition) is 1. The fourth-order valence-electron chi connectivity index (χ4n) is 3.63. The predicted octanol–water partition coefficient (Wildman–Crippen LogP) is 6.20. The number of rotatable bonds is 6. The Balaban J connectivity index is 1.58. The molecule has 2 atom stereocenters. The van der Waals surface area contributed by atoms with E-state index in [1.54, 1.807) is 12.4 Å². The van der Waals surface area contributed by atoms with Gasteiger partial charge >= 0.3 is 6.80 Å². The normalized spacial score (nSPS) is 15.2. The van der Waals surface area contributed by atoms with Crippen molar-refractivity contribution in [1.29, 1.82) is 0 Å². The molecule has 0 fully saturated rings. The minimum atomic E-state index is -2.14. The Morgan fingerprint density at radius 2 is 1.64 bits per heavy atom. The summed E-state index contributed by atoms with van der Waals surface area (Å²) in [6.07, 6.45) is 3.04. The van der Waals surface area contributed by atoms with Gasteiger partial charge in [0.05, 0.1) is 17.9 Å². The van der Waals surface area contributed by atoms with Crippen LogP contribution < -0.4 is 9.84 Å². The van der Waals surface area contributed by atoms with Crippen molar-refractivity contribution in [2.45, 2.75) is 29.5 Å². The summed E-state index contributed by atoms with van der Waals surface area (Å²) in [7, 11) is -0.765. The molecule has 0 radical (unpaired) electrons. The van der Waals surface area contributed by atoms with E-state index in [1.807, 2.05) is 85.8 Å². The average Bonchev–Trinajstić information content (AvgIpc) is 3.26. The Kier molecular flexibility index (Phi) is 6.35. The lowest BCUT2D eigenvalue weighted by atomic mass is 10.1. The van der Waals surface area contributed by atoms with E-state index in [1.165, 1.54) is 0 Å². The second kappa shape index (κ2) is 9.71. The molecular formula is C25H22N3O3PS. The predicted molar refractivity (Wildman–Crippen MR) is 129 cm³/mol. The number of aromatic nitrogens is 2. The van der Waals surface area contributed by atoms with Crippen molar-refractivity contribution >= 4 is 22.7 Å². The van der Waals surface area contributed by atoms with Gasteiger partial charge < -0.3 is 14.6 Å². The molecular weight excluding hydrogens is 453 g/mol. The summed E-state index contributed by atoms with van der Waals surface area (Å²) in [6, 6.07) is 25.3. The quantitative estimate of drug-likeness (QED) is 0.335. The van der Waals surface area contributed by atoms with Crippen molar-refractivity contribution in [3.8, 4) is 5.75 Å². The lowest BCUT2D eigenvalue weighted by molar-refractivity contribution is 0.0849. The molecule has 1 aliphatic rings. The Hall–Kier alpha value is -3.25. The van der Waals surface area contributed by atoms with Crippen LogP contribution >= 0.6 is 6.80 Å². The Morgan fingerprint density at radius 1 is 0.970 bits per heavy atom. The van der Waals surface area contributed by atoms with Gasteiger partial charge in [-0.1, -0.05) is 42.5 Å². The average molecular weight is 476 g/mol. The third-order valence-electron chi connectivity index (χ3n) is 5.19. The molecule has 0 amide bonds. The molecule has 2 unspecified atom stereocenters. The van der Waals surface area contributed by atoms with E-state index in [9.17, 15) is 4.57 Å². The van der Waals surface area contributed by atoms with Gasteiger partial charge in [-0.25, -0.2) is 9.55 Å². The van der Waals surface area contributed by atoms with E-state index < -0.39 is 23.1 Å². The smallest absolute Gasteiger partial charge is 0.332 e. The number of benzene rings is 2. The number of nitrogens with one attached hydrogen (secondary N) is 1. The molecule has 0 aliphatic carbocycles. The zero-order valence-corrected chi connectivity index (χ0v) is 19.6. The molecule has 0 bridgehead atoms. The van der Waals surface area contributed by atoms with Crippen LogP contribution in [-0.4, -0.2) is 9.97 Å². The first kappa shape index (κ1) is 21.6. The molecule has 8 heteroatoms. The van der Waals surface area contributed by atoms with Gasteiger partial charge in [-0.3, -0.25) is 4.98 Å². The van der Waals surface area contributed by atoms with Crippen LogP contribution in [0.5, 0.6) is 5.75 Å². The molecule has 6 nitrogen and oxygen atoms in total. The van der Waals surface area contributed by atoms with Crippen LogP contribution in [0.25, 0.3) is 0 Å². The topological polar surface area (TPSA) is 73.3 Å². The number of hydrogen-bond acceptors (Lipinski definition) is 6. The van der Waals surface area contributed by atoms with Gasteiger partial charge in [0.2, 0.25) is 0 Å². The maximum Gasteiger partial charge on any atom is 0.332 e. The van der Waals surface area contributed by atoms with Gasteiger partial charge in [0.25, 0.3) is 0 Å². The maximum absolute atomic E-state index is 13.8.